The summed E-state index contributed by atoms with van der Waals surface area (Å²) in [5, 5.41) is 11.6. The van der Waals surface area contributed by atoms with Gasteiger partial charge in [-0.3, -0.25) is 4.79 Å². The Hall–Kier alpha value is -1.11. The number of amides is 1. The number of carbonyl (C=O) groups is 1. The van der Waals surface area contributed by atoms with Gasteiger partial charge in [-0.05, 0) is 37.1 Å². The zero-order valence-electron chi connectivity index (χ0n) is 10.9. The molecule has 1 aromatic rings. The Balaban J connectivity index is 1.77. The summed E-state index contributed by atoms with van der Waals surface area (Å²) in [6, 6.07) is 0.255. The van der Waals surface area contributed by atoms with E-state index in [-0.39, 0.29) is 11.9 Å². The van der Waals surface area contributed by atoms with Gasteiger partial charge in [-0.1, -0.05) is 0 Å². The molecule has 6 nitrogen and oxygen atoms in total. The molecule has 0 bridgehead atoms. The van der Waals surface area contributed by atoms with Crippen LogP contribution in [0.25, 0.3) is 0 Å². The highest BCUT2D eigenvalue weighted by atomic mass is 32.2. The van der Waals surface area contributed by atoms with E-state index in [0.29, 0.717) is 11.5 Å². The first kappa shape index (κ1) is 13.3. The second-order valence-corrected chi connectivity index (χ2v) is 5.70. The van der Waals surface area contributed by atoms with Crippen LogP contribution >= 0.6 is 11.8 Å². The predicted molar refractivity (Wildman–Crippen MR) is 70.2 cm³/mol. The van der Waals surface area contributed by atoms with Crippen LogP contribution in [0.5, 0.6) is 0 Å². The fourth-order valence-corrected chi connectivity index (χ4v) is 2.83. The third-order valence-electron chi connectivity index (χ3n) is 2.97. The van der Waals surface area contributed by atoms with Gasteiger partial charge in [-0.15, -0.1) is 16.9 Å². The fraction of sp³-hybridized carbons (Fsp3) is 0.818. The first-order chi connectivity index (χ1) is 8.68. The molecule has 0 saturated carbocycles. The predicted octanol–water partition coefficient (Wildman–Crippen LogP) is 1.11. The van der Waals surface area contributed by atoms with Crippen LogP contribution in [0.2, 0.25) is 0 Å². The average Bonchev–Trinajstić information content (AvgIpc) is 2.99. The molecule has 0 unspecified atom stereocenters. The maximum Gasteiger partial charge on any atom is 0.232 e. The van der Waals surface area contributed by atoms with Gasteiger partial charge in [0.15, 0.2) is 5.82 Å². The summed E-state index contributed by atoms with van der Waals surface area (Å²) in [7, 11) is 0. The first-order valence-electron chi connectivity index (χ1n) is 6.30. The Morgan fingerprint density at radius 1 is 1.39 bits per heavy atom. The van der Waals surface area contributed by atoms with Crippen LogP contribution in [-0.2, 0) is 10.5 Å². The van der Waals surface area contributed by atoms with Crippen molar-refractivity contribution in [1.82, 2.24) is 25.1 Å². The van der Waals surface area contributed by atoms with E-state index in [1.165, 1.54) is 0 Å². The number of rotatable bonds is 5. The Morgan fingerprint density at radius 3 is 2.78 bits per heavy atom. The largest absolute Gasteiger partial charge is 0.342 e. The first-order valence-corrected chi connectivity index (χ1v) is 7.46. The van der Waals surface area contributed by atoms with Crippen LogP contribution in [0, 0.1) is 0 Å². The molecule has 100 valence electrons. The van der Waals surface area contributed by atoms with Crippen molar-refractivity contribution in [1.29, 1.82) is 0 Å². The lowest BCUT2D eigenvalue weighted by molar-refractivity contribution is -0.127. The molecular weight excluding hydrogens is 250 g/mol. The van der Waals surface area contributed by atoms with Gasteiger partial charge in [0.1, 0.15) is 0 Å². The van der Waals surface area contributed by atoms with E-state index in [9.17, 15) is 4.79 Å². The summed E-state index contributed by atoms with van der Waals surface area (Å²) >= 11 is 1.58. The highest BCUT2D eigenvalue weighted by molar-refractivity contribution is 7.99. The van der Waals surface area contributed by atoms with E-state index < -0.39 is 0 Å². The van der Waals surface area contributed by atoms with Crippen LogP contribution in [0.1, 0.15) is 38.6 Å². The normalized spacial score (nSPS) is 15.6. The Bertz CT molecular complexity index is 400. The van der Waals surface area contributed by atoms with Crippen molar-refractivity contribution in [2.24, 2.45) is 0 Å². The Labute approximate surface area is 111 Å². The highest BCUT2D eigenvalue weighted by Crippen LogP contribution is 2.15. The monoisotopic (exact) mass is 269 g/mol. The minimum atomic E-state index is 0.237. The van der Waals surface area contributed by atoms with E-state index in [1.54, 1.807) is 16.4 Å². The maximum absolute atomic E-state index is 11.8. The van der Waals surface area contributed by atoms with Crippen LogP contribution < -0.4 is 0 Å². The molecule has 1 saturated heterocycles. The smallest absolute Gasteiger partial charge is 0.232 e. The number of tetrazole rings is 1. The van der Waals surface area contributed by atoms with E-state index in [2.05, 4.69) is 15.5 Å². The number of thioether (sulfide) groups is 1. The number of hydrogen-bond donors (Lipinski definition) is 0. The summed E-state index contributed by atoms with van der Waals surface area (Å²) in [6.07, 6.45) is 2.28. The van der Waals surface area contributed by atoms with Gasteiger partial charge >= 0.3 is 0 Å². The molecule has 2 rings (SSSR count). The van der Waals surface area contributed by atoms with Gasteiger partial charge in [-0.2, -0.15) is 0 Å². The third-order valence-corrected chi connectivity index (χ3v) is 3.88. The van der Waals surface area contributed by atoms with E-state index >= 15 is 0 Å². The zero-order valence-corrected chi connectivity index (χ0v) is 11.7. The molecule has 0 N–H and O–H groups in total. The fourth-order valence-electron chi connectivity index (χ4n) is 2.00. The SMILES string of the molecule is CC(C)n1nnnc1CSCC(=O)N1CCCC1. The van der Waals surface area contributed by atoms with Crippen LogP contribution in [0.3, 0.4) is 0 Å². The molecule has 0 aromatic carbocycles. The molecule has 0 spiro atoms. The lowest BCUT2D eigenvalue weighted by Gasteiger charge is -2.14. The molecule has 1 fully saturated rings. The molecule has 2 heterocycles. The molecule has 1 aromatic heterocycles. The molecule has 1 amide bonds. The van der Waals surface area contributed by atoms with Gasteiger partial charge in [-0.25, -0.2) is 4.68 Å². The van der Waals surface area contributed by atoms with Crippen molar-refractivity contribution < 1.29 is 4.79 Å². The van der Waals surface area contributed by atoms with Crippen molar-refractivity contribution >= 4 is 17.7 Å². The molecule has 0 radical (unpaired) electrons. The van der Waals surface area contributed by atoms with Crippen LogP contribution in [0.15, 0.2) is 0 Å². The topological polar surface area (TPSA) is 63.9 Å². The van der Waals surface area contributed by atoms with Crippen molar-refractivity contribution in [3.8, 4) is 0 Å². The number of nitrogens with zero attached hydrogens (tertiary/aromatic N) is 5. The summed E-state index contributed by atoms with van der Waals surface area (Å²) in [5.74, 6) is 2.28. The third kappa shape index (κ3) is 3.22. The molecule has 0 aliphatic carbocycles. The number of carbonyl (C=O) groups excluding carboxylic acids is 1. The summed E-state index contributed by atoms with van der Waals surface area (Å²) in [6.45, 7) is 5.92. The standard InChI is InChI=1S/C11H19N5OS/c1-9(2)16-10(12-13-14-16)7-18-8-11(17)15-5-3-4-6-15/h9H,3-8H2,1-2H3. The lowest BCUT2D eigenvalue weighted by atomic mass is 10.4. The lowest BCUT2D eigenvalue weighted by Crippen LogP contribution is -2.29. The molecule has 7 heteroatoms. The minimum Gasteiger partial charge on any atom is -0.342 e. The summed E-state index contributed by atoms with van der Waals surface area (Å²) in [4.78, 5) is 13.8. The summed E-state index contributed by atoms with van der Waals surface area (Å²) < 4.78 is 1.80. The molecule has 0 atom stereocenters. The van der Waals surface area contributed by atoms with Crippen molar-refractivity contribution in [3.63, 3.8) is 0 Å². The molecular formula is C11H19N5OS. The van der Waals surface area contributed by atoms with Gasteiger partial charge in [0.2, 0.25) is 5.91 Å². The van der Waals surface area contributed by atoms with Crippen molar-refractivity contribution in [2.75, 3.05) is 18.8 Å². The Morgan fingerprint density at radius 2 is 2.11 bits per heavy atom. The van der Waals surface area contributed by atoms with E-state index in [4.69, 9.17) is 0 Å². The highest BCUT2D eigenvalue weighted by Gasteiger charge is 2.18. The van der Waals surface area contributed by atoms with Gasteiger partial charge in [0, 0.05) is 13.1 Å². The van der Waals surface area contributed by atoms with E-state index in [0.717, 1.165) is 31.8 Å². The van der Waals surface area contributed by atoms with Gasteiger partial charge in [0.05, 0.1) is 17.5 Å². The number of hydrogen-bond acceptors (Lipinski definition) is 5. The minimum absolute atomic E-state index is 0.237. The number of aromatic nitrogens is 4. The second-order valence-electron chi connectivity index (χ2n) is 4.71. The number of likely N-dealkylation sites (tertiary alicyclic amines) is 1. The Kier molecular flexibility index (Phi) is 4.57. The van der Waals surface area contributed by atoms with Crippen LogP contribution in [-0.4, -0.2) is 49.9 Å². The second kappa shape index (κ2) is 6.17. The molecule has 18 heavy (non-hydrogen) atoms. The van der Waals surface area contributed by atoms with Gasteiger partial charge < -0.3 is 4.90 Å². The average molecular weight is 269 g/mol. The zero-order chi connectivity index (χ0) is 13.0. The van der Waals surface area contributed by atoms with Crippen LogP contribution in [0.4, 0.5) is 0 Å². The summed E-state index contributed by atoms with van der Waals surface area (Å²) in [5.41, 5.74) is 0. The van der Waals surface area contributed by atoms with Gasteiger partial charge in [0.25, 0.3) is 0 Å². The van der Waals surface area contributed by atoms with E-state index in [1.807, 2.05) is 18.7 Å². The molecule has 1 aliphatic heterocycles. The van der Waals surface area contributed by atoms with Crippen molar-refractivity contribution in [2.45, 2.75) is 38.5 Å². The van der Waals surface area contributed by atoms with Crippen molar-refractivity contribution in [3.05, 3.63) is 5.82 Å². The quantitative estimate of drug-likeness (QED) is 0.801. The molecule has 1 aliphatic rings. The maximum atomic E-state index is 11.8.